The lowest BCUT2D eigenvalue weighted by atomic mass is 10.0. The molecule has 1 aromatic rings. The number of oxime groups is 1. The number of carbonyl (C=O) groups excluding carboxylic acids is 1. The second-order valence-electron chi connectivity index (χ2n) is 4.58. The van der Waals surface area contributed by atoms with Crippen LogP contribution in [0.5, 0.6) is 0 Å². The molecule has 1 atom stereocenters. The third-order valence-electron chi connectivity index (χ3n) is 3.04. The molecule has 4 nitrogen and oxygen atoms in total. The Morgan fingerprint density at radius 1 is 1.60 bits per heavy atom. The van der Waals surface area contributed by atoms with Crippen molar-refractivity contribution in [2.45, 2.75) is 32.3 Å². The van der Waals surface area contributed by atoms with Crippen LogP contribution in [0.3, 0.4) is 0 Å². The van der Waals surface area contributed by atoms with Gasteiger partial charge in [0.1, 0.15) is 5.82 Å². The smallest absolute Gasteiger partial charge is 0.264 e. The monoisotopic (exact) mass is 298 g/mol. The number of nitrogens with one attached hydrogen (secondary N) is 1. The minimum absolute atomic E-state index is 0.207. The van der Waals surface area contributed by atoms with E-state index < -0.39 is 11.9 Å². The minimum Gasteiger partial charge on any atom is -0.382 e. The van der Waals surface area contributed by atoms with Gasteiger partial charge in [-0.1, -0.05) is 36.2 Å². The fourth-order valence-corrected chi connectivity index (χ4v) is 2.21. The van der Waals surface area contributed by atoms with Gasteiger partial charge in [0.25, 0.3) is 5.91 Å². The van der Waals surface area contributed by atoms with Crippen LogP contribution in [0.25, 0.3) is 0 Å². The first-order valence-corrected chi connectivity index (χ1v) is 6.96. The van der Waals surface area contributed by atoms with Crippen LogP contribution in [-0.4, -0.2) is 24.3 Å². The Kier molecular flexibility index (Phi) is 4.95. The van der Waals surface area contributed by atoms with E-state index in [1.165, 1.54) is 12.1 Å². The van der Waals surface area contributed by atoms with E-state index in [0.29, 0.717) is 12.3 Å². The SMILES string of the molecule is CCCCNC(=O)C1CC(c2c(F)cccc2Cl)=NO1. The average Bonchev–Trinajstić information content (AvgIpc) is 2.88. The molecule has 0 bridgehead atoms. The van der Waals surface area contributed by atoms with Gasteiger partial charge in [0, 0.05) is 13.0 Å². The van der Waals surface area contributed by atoms with Crippen LogP contribution in [0.4, 0.5) is 4.39 Å². The summed E-state index contributed by atoms with van der Waals surface area (Å²) in [5.41, 5.74) is 0.571. The molecule has 0 aromatic heterocycles. The van der Waals surface area contributed by atoms with Gasteiger partial charge in [-0.15, -0.1) is 0 Å². The van der Waals surface area contributed by atoms with Crippen molar-refractivity contribution in [2.75, 3.05) is 6.54 Å². The van der Waals surface area contributed by atoms with Crippen molar-refractivity contribution in [2.24, 2.45) is 5.16 Å². The molecule has 1 aliphatic rings. The Labute approximate surface area is 121 Å². The molecule has 2 rings (SSSR count). The van der Waals surface area contributed by atoms with E-state index in [1.807, 2.05) is 6.92 Å². The molecule has 108 valence electrons. The van der Waals surface area contributed by atoms with Crippen LogP contribution < -0.4 is 5.32 Å². The van der Waals surface area contributed by atoms with E-state index in [0.717, 1.165) is 12.8 Å². The number of rotatable bonds is 5. The van der Waals surface area contributed by atoms with Gasteiger partial charge in [-0.2, -0.15) is 0 Å². The number of carbonyl (C=O) groups is 1. The lowest BCUT2D eigenvalue weighted by Crippen LogP contribution is -2.35. The molecule has 1 N–H and O–H groups in total. The number of nitrogens with zero attached hydrogens (tertiary/aromatic N) is 1. The van der Waals surface area contributed by atoms with Crippen LogP contribution >= 0.6 is 11.6 Å². The zero-order chi connectivity index (χ0) is 14.5. The lowest BCUT2D eigenvalue weighted by molar-refractivity contribution is -0.131. The van der Waals surface area contributed by atoms with Crippen LogP contribution in [-0.2, 0) is 9.63 Å². The van der Waals surface area contributed by atoms with Crippen molar-refractivity contribution in [3.63, 3.8) is 0 Å². The molecule has 1 heterocycles. The number of unbranched alkanes of at least 4 members (excludes halogenated alkanes) is 1. The quantitative estimate of drug-likeness (QED) is 0.850. The predicted octanol–water partition coefficient (Wildman–Crippen LogP) is 2.89. The normalized spacial score (nSPS) is 17.6. The van der Waals surface area contributed by atoms with Crippen LogP contribution in [0.1, 0.15) is 31.7 Å². The summed E-state index contributed by atoms with van der Waals surface area (Å²) >= 11 is 5.96. The van der Waals surface area contributed by atoms with Crippen LogP contribution in [0, 0.1) is 5.82 Å². The second-order valence-corrected chi connectivity index (χ2v) is 4.98. The molecule has 0 saturated carbocycles. The van der Waals surface area contributed by atoms with Crippen molar-refractivity contribution >= 4 is 23.2 Å². The summed E-state index contributed by atoms with van der Waals surface area (Å²) in [7, 11) is 0. The fourth-order valence-electron chi connectivity index (χ4n) is 1.94. The van der Waals surface area contributed by atoms with Crippen molar-refractivity contribution in [1.29, 1.82) is 0 Å². The molecule has 0 saturated heterocycles. The maximum absolute atomic E-state index is 13.8. The van der Waals surface area contributed by atoms with Gasteiger partial charge in [0.2, 0.25) is 6.10 Å². The summed E-state index contributed by atoms with van der Waals surface area (Å²) in [5.74, 6) is -0.698. The molecule has 1 aliphatic heterocycles. The summed E-state index contributed by atoms with van der Waals surface area (Å²) in [4.78, 5) is 16.9. The van der Waals surface area contributed by atoms with E-state index in [-0.39, 0.29) is 22.9 Å². The number of hydrogen-bond acceptors (Lipinski definition) is 3. The minimum atomic E-state index is -0.711. The van der Waals surface area contributed by atoms with Gasteiger partial charge in [-0.25, -0.2) is 4.39 Å². The van der Waals surface area contributed by atoms with Crippen LogP contribution in [0.15, 0.2) is 23.4 Å². The van der Waals surface area contributed by atoms with Gasteiger partial charge in [0.15, 0.2) is 0 Å². The Balaban J connectivity index is 2.00. The van der Waals surface area contributed by atoms with E-state index in [1.54, 1.807) is 6.07 Å². The van der Waals surface area contributed by atoms with E-state index in [4.69, 9.17) is 16.4 Å². The average molecular weight is 299 g/mol. The Hall–Kier alpha value is -1.62. The first-order chi connectivity index (χ1) is 9.63. The summed E-state index contributed by atoms with van der Waals surface area (Å²) in [5, 5.41) is 6.82. The third-order valence-corrected chi connectivity index (χ3v) is 3.36. The van der Waals surface area contributed by atoms with E-state index >= 15 is 0 Å². The zero-order valence-corrected chi connectivity index (χ0v) is 11.9. The molecular weight excluding hydrogens is 283 g/mol. The largest absolute Gasteiger partial charge is 0.382 e. The first kappa shape index (κ1) is 14.8. The molecule has 1 aromatic carbocycles. The highest BCUT2D eigenvalue weighted by Crippen LogP contribution is 2.25. The van der Waals surface area contributed by atoms with Crippen LogP contribution in [0.2, 0.25) is 5.02 Å². The summed E-state index contributed by atoms with van der Waals surface area (Å²) in [6, 6.07) is 4.40. The molecule has 0 spiro atoms. The van der Waals surface area contributed by atoms with Crippen molar-refractivity contribution < 1.29 is 14.0 Å². The highest BCUT2D eigenvalue weighted by Gasteiger charge is 2.30. The second kappa shape index (κ2) is 6.70. The number of halogens is 2. The van der Waals surface area contributed by atoms with Crippen molar-refractivity contribution in [3.8, 4) is 0 Å². The standard InChI is InChI=1S/C14H16ClFN2O2/c1-2-3-7-17-14(19)12-8-11(18-20-12)13-9(15)5-4-6-10(13)16/h4-6,12H,2-3,7-8H2,1H3,(H,17,19). The van der Waals surface area contributed by atoms with Gasteiger partial charge in [0.05, 0.1) is 16.3 Å². The molecule has 0 radical (unpaired) electrons. The van der Waals surface area contributed by atoms with Gasteiger partial charge < -0.3 is 10.2 Å². The predicted molar refractivity (Wildman–Crippen MR) is 75.4 cm³/mol. The summed E-state index contributed by atoms with van der Waals surface area (Å²) < 4.78 is 13.8. The summed E-state index contributed by atoms with van der Waals surface area (Å²) in [6.45, 7) is 2.64. The topological polar surface area (TPSA) is 50.7 Å². The third kappa shape index (κ3) is 3.28. The highest BCUT2D eigenvalue weighted by molar-refractivity contribution is 6.34. The van der Waals surface area contributed by atoms with Gasteiger partial charge in [-0.05, 0) is 18.6 Å². The molecule has 20 heavy (non-hydrogen) atoms. The number of amides is 1. The lowest BCUT2D eigenvalue weighted by Gasteiger charge is -2.09. The maximum atomic E-state index is 13.8. The fraction of sp³-hybridized carbons (Fsp3) is 0.429. The van der Waals surface area contributed by atoms with Crippen molar-refractivity contribution in [1.82, 2.24) is 5.32 Å². The molecule has 1 unspecified atom stereocenters. The maximum Gasteiger partial charge on any atom is 0.264 e. The molecule has 0 fully saturated rings. The molecule has 6 heteroatoms. The molecule has 1 amide bonds. The summed E-state index contributed by atoms with van der Waals surface area (Å²) in [6.07, 6.45) is 1.42. The Morgan fingerprint density at radius 3 is 3.10 bits per heavy atom. The van der Waals surface area contributed by atoms with Crippen molar-refractivity contribution in [3.05, 3.63) is 34.6 Å². The van der Waals surface area contributed by atoms with Gasteiger partial charge in [-0.3, -0.25) is 4.79 Å². The Morgan fingerprint density at radius 2 is 2.40 bits per heavy atom. The van der Waals surface area contributed by atoms with Gasteiger partial charge >= 0.3 is 0 Å². The molecule has 0 aliphatic carbocycles. The van der Waals surface area contributed by atoms with E-state index in [2.05, 4.69) is 10.5 Å². The first-order valence-electron chi connectivity index (χ1n) is 6.58. The number of hydrogen-bond donors (Lipinski definition) is 1. The Bertz CT molecular complexity index is 514. The molecular formula is C14H16ClFN2O2. The highest BCUT2D eigenvalue weighted by atomic mass is 35.5. The number of benzene rings is 1. The zero-order valence-electron chi connectivity index (χ0n) is 11.2. The van der Waals surface area contributed by atoms with E-state index in [9.17, 15) is 9.18 Å².